The van der Waals surface area contributed by atoms with Crippen molar-refractivity contribution in [3.05, 3.63) is 144 Å². The molecule has 30 heavy (non-hydrogen) atoms. The molecule has 1 saturated heterocycles. The van der Waals surface area contributed by atoms with Crippen LogP contribution in [-0.2, 0) is 11.3 Å². The van der Waals surface area contributed by atoms with Gasteiger partial charge in [-0.1, -0.05) is 121 Å². The fourth-order valence-corrected chi connectivity index (χ4v) is 4.39. The molecule has 2 heteroatoms. The first-order chi connectivity index (χ1) is 14.9. The molecule has 0 radical (unpaired) electrons. The lowest BCUT2D eigenvalue weighted by Gasteiger charge is -2.29. The fourth-order valence-electron chi connectivity index (χ4n) is 4.39. The maximum atomic E-state index is 6.81. The van der Waals surface area contributed by atoms with Crippen LogP contribution in [0.1, 0.15) is 40.6 Å². The third-order valence-electron chi connectivity index (χ3n) is 5.78. The molecule has 0 bridgehead atoms. The lowest BCUT2D eigenvalue weighted by atomic mass is 9.95. The van der Waals surface area contributed by atoms with Crippen molar-refractivity contribution < 1.29 is 4.74 Å². The molecule has 0 aliphatic carbocycles. The lowest BCUT2D eigenvalue weighted by Crippen LogP contribution is -2.27. The average Bonchev–Trinajstić information content (AvgIpc) is 3.20. The molecule has 148 valence electrons. The van der Waals surface area contributed by atoms with Gasteiger partial charge >= 0.3 is 0 Å². The zero-order chi connectivity index (χ0) is 20.2. The standard InChI is InChI=1S/C28H25NO/c1-5-13-22(14-6-1)21-29-26(23-15-7-2-8-16-23)27(24-17-9-3-10-18-24)30-28(29)25-19-11-4-12-20-25/h1-20,26-28H,21H2/t26-,27+,28?/m1/s1. The van der Waals surface area contributed by atoms with Crippen LogP contribution in [0, 0.1) is 0 Å². The Bertz CT molecular complexity index is 1050. The van der Waals surface area contributed by atoms with Crippen molar-refractivity contribution in [1.29, 1.82) is 0 Å². The van der Waals surface area contributed by atoms with E-state index in [9.17, 15) is 0 Å². The van der Waals surface area contributed by atoms with Crippen LogP contribution in [-0.4, -0.2) is 4.90 Å². The van der Waals surface area contributed by atoms with E-state index in [1.165, 1.54) is 22.3 Å². The van der Waals surface area contributed by atoms with Crippen LogP contribution in [0.3, 0.4) is 0 Å². The van der Waals surface area contributed by atoms with E-state index < -0.39 is 0 Å². The van der Waals surface area contributed by atoms with Gasteiger partial charge in [0.25, 0.3) is 0 Å². The van der Waals surface area contributed by atoms with E-state index in [1.807, 2.05) is 0 Å². The van der Waals surface area contributed by atoms with Gasteiger partial charge in [-0.25, -0.2) is 0 Å². The molecule has 1 fully saturated rings. The zero-order valence-corrected chi connectivity index (χ0v) is 16.8. The molecule has 2 nitrogen and oxygen atoms in total. The molecule has 4 aromatic carbocycles. The minimum Gasteiger partial charge on any atom is -0.349 e. The molecule has 5 rings (SSSR count). The molecule has 0 saturated carbocycles. The van der Waals surface area contributed by atoms with E-state index in [4.69, 9.17) is 4.74 Å². The number of nitrogens with zero attached hydrogens (tertiary/aromatic N) is 1. The fraction of sp³-hybridized carbons (Fsp3) is 0.143. The van der Waals surface area contributed by atoms with Crippen LogP contribution in [0.5, 0.6) is 0 Å². The van der Waals surface area contributed by atoms with Crippen LogP contribution in [0.15, 0.2) is 121 Å². The van der Waals surface area contributed by atoms with Crippen molar-refractivity contribution in [3.63, 3.8) is 0 Å². The normalized spacial score (nSPS) is 21.5. The number of hydrogen-bond donors (Lipinski definition) is 0. The minimum absolute atomic E-state index is 0.0393. The highest BCUT2D eigenvalue weighted by molar-refractivity contribution is 5.31. The Kier molecular flexibility index (Phi) is 5.43. The second kappa shape index (κ2) is 8.66. The summed E-state index contributed by atoms with van der Waals surface area (Å²) >= 11 is 0. The van der Waals surface area contributed by atoms with Crippen molar-refractivity contribution in [2.75, 3.05) is 0 Å². The second-order valence-corrected chi connectivity index (χ2v) is 7.74. The Labute approximate surface area is 178 Å². The van der Waals surface area contributed by atoms with Gasteiger partial charge in [-0.2, -0.15) is 0 Å². The van der Waals surface area contributed by atoms with Gasteiger partial charge in [0.15, 0.2) is 0 Å². The van der Waals surface area contributed by atoms with E-state index in [2.05, 4.69) is 126 Å². The summed E-state index contributed by atoms with van der Waals surface area (Å²) in [7, 11) is 0. The summed E-state index contributed by atoms with van der Waals surface area (Å²) in [5, 5.41) is 0. The molecule has 0 aromatic heterocycles. The van der Waals surface area contributed by atoms with Crippen molar-refractivity contribution in [1.82, 2.24) is 4.90 Å². The predicted octanol–water partition coefficient (Wildman–Crippen LogP) is 6.70. The molecule has 0 N–H and O–H groups in total. The van der Waals surface area contributed by atoms with Crippen molar-refractivity contribution in [2.24, 2.45) is 0 Å². The maximum absolute atomic E-state index is 6.81. The first-order valence-electron chi connectivity index (χ1n) is 10.5. The maximum Gasteiger partial charge on any atom is 0.138 e. The number of ether oxygens (including phenoxy) is 1. The third-order valence-corrected chi connectivity index (χ3v) is 5.78. The third kappa shape index (κ3) is 3.80. The quantitative estimate of drug-likeness (QED) is 0.375. The van der Waals surface area contributed by atoms with E-state index in [1.54, 1.807) is 0 Å². The van der Waals surface area contributed by atoms with Crippen molar-refractivity contribution >= 4 is 0 Å². The molecule has 1 unspecified atom stereocenters. The first-order valence-corrected chi connectivity index (χ1v) is 10.5. The topological polar surface area (TPSA) is 12.5 Å². The van der Waals surface area contributed by atoms with Crippen LogP contribution in [0.4, 0.5) is 0 Å². The van der Waals surface area contributed by atoms with Gasteiger partial charge in [0.1, 0.15) is 12.3 Å². The van der Waals surface area contributed by atoms with Crippen molar-refractivity contribution in [3.8, 4) is 0 Å². The summed E-state index contributed by atoms with van der Waals surface area (Å²) in [5.74, 6) is 0. The zero-order valence-electron chi connectivity index (χ0n) is 16.8. The number of rotatable bonds is 5. The molecule has 4 aromatic rings. The highest BCUT2D eigenvalue weighted by atomic mass is 16.5. The van der Waals surface area contributed by atoms with Crippen LogP contribution < -0.4 is 0 Å². The molecule has 3 atom stereocenters. The summed E-state index contributed by atoms with van der Waals surface area (Å²) in [6.07, 6.45) is -0.149. The van der Waals surface area contributed by atoms with Gasteiger partial charge in [-0.3, -0.25) is 4.90 Å². The molecule has 0 spiro atoms. The Hall–Kier alpha value is -3.20. The van der Waals surface area contributed by atoms with Crippen LogP contribution in [0.2, 0.25) is 0 Å². The van der Waals surface area contributed by atoms with Gasteiger partial charge in [0.05, 0.1) is 6.04 Å². The second-order valence-electron chi connectivity index (χ2n) is 7.74. The Balaban J connectivity index is 1.62. The van der Waals surface area contributed by atoms with E-state index >= 15 is 0 Å². The molecule has 1 heterocycles. The summed E-state index contributed by atoms with van der Waals surface area (Å²) in [6.45, 7) is 0.823. The van der Waals surface area contributed by atoms with Gasteiger partial charge in [0.2, 0.25) is 0 Å². The average molecular weight is 392 g/mol. The minimum atomic E-state index is -0.109. The molecular weight excluding hydrogens is 366 g/mol. The highest BCUT2D eigenvalue weighted by Crippen LogP contribution is 2.50. The highest BCUT2D eigenvalue weighted by Gasteiger charge is 2.44. The molecule has 1 aliphatic rings. The van der Waals surface area contributed by atoms with Crippen LogP contribution in [0.25, 0.3) is 0 Å². The monoisotopic (exact) mass is 391 g/mol. The summed E-state index contributed by atoms with van der Waals surface area (Å²) < 4.78 is 6.81. The Morgan fingerprint density at radius 1 is 0.533 bits per heavy atom. The molecule has 1 aliphatic heterocycles. The largest absolute Gasteiger partial charge is 0.349 e. The summed E-state index contributed by atoms with van der Waals surface area (Å²) in [6, 6.07) is 42.7. The SMILES string of the molecule is c1ccc(CN2C(c3ccccc3)O[C@@H](c3ccccc3)[C@H]2c2ccccc2)cc1. The van der Waals surface area contributed by atoms with Crippen LogP contribution >= 0.6 is 0 Å². The molecular formula is C28H25NO. The predicted molar refractivity (Wildman–Crippen MR) is 121 cm³/mol. The van der Waals surface area contributed by atoms with E-state index in [-0.39, 0.29) is 18.4 Å². The summed E-state index contributed by atoms with van der Waals surface area (Å²) in [4.78, 5) is 2.50. The first kappa shape index (κ1) is 18.8. The van der Waals surface area contributed by atoms with E-state index in [0.717, 1.165) is 6.54 Å². The Morgan fingerprint density at radius 2 is 1.00 bits per heavy atom. The van der Waals surface area contributed by atoms with E-state index in [0.29, 0.717) is 0 Å². The summed E-state index contributed by atoms with van der Waals surface area (Å²) in [5.41, 5.74) is 4.97. The van der Waals surface area contributed by atoms with Gasteiger partial charge < -0.3 is 4.74 Å². The molecule has 0 amide bonds. The lowest BCUT2D eigenvalue weighted by molar-refractivity contribution is -0.00521. The number of benzene rings is 4. The number of hydrogen-bond acceptors (Lipinski definition) is 2. The van der Waals surface area contributed by atoms with Gasteiger partial charge in [0, 0.05) is 6.54 Å². The smallest absolute Gasteiger partial charge is 0.138 e. The Morgan fingerprint density at radius 3 is 1.57 bits per heavy atom. The van der Waals surface area contributed by atoms with Gasteiger partial charge in [-0.05, 0) is 22.3 Å². The van der Waals surface area contributed by atoms with Gasteiger partial charge in [-0.15, -0.1) is 0 Å². The van der Waals surface area contributed by atoms with Crippen molar-refractivity contribution in [2.45, 2.75) is 24.9 Å².